The number of nitrogens with one attached hydrogen (secondary N) is 1. The van der Waals surface area contributed by atoms with Crippen LogP contribution in [0.2, 0.25) is 0 Å². The lowest BCUT2D eigenvalue weighted by Crippen LogP contribution is -2.38. The van der Waals surface area contributed by atoms with E-state index in [-0.39, 0.29) is 0 Å². The van der Waals surface area contributed by atoms with Crippen LogP contribution in [0.4, 0.5) is 5.82 Å². The van der Waals surface area contributed by atoms with Crippen LogP contribution in [0.3, 0.4) is 0 Å². The number of hydrogen-bond acceptors (Lipinski definition) is 4. The van der Waals surface area contributed by atoms with Gasteiger partial charge >= 0.3 is 0 Å². The Morgan fingerprint density at radius 2 is 2.05 bits per heavy atom. The fourth-order valence-electron chi connectivity index (χ4n) is 2.17. The molecule has 1 N–H and O–H groups in total. The number of aryl methyl sites for hydroxylation is 1. The van der Waals surface area contributed by atoms with Crippen molar-refractivity contribution in [2.45, 2.75) is 33.4 Å². The van der Waals surface area contributed by atoms with Crippen molar-refractivity contribution in [3.63, 3.8) is 0 Å². The average Bonchev–Trinajstić information content (AvgIpc) is 2.36. The van der Waals surface area contributed by atoms with Crippen LogP contribution in [0.5, 0.6) is 0 Å². The molecule has 0 spiro atoms. The smallest absolute Gasteiger partial charge is 0.129 e. The molecule has 1 aliphatic heterocycles. The minimum Gasteiger partial charge on any atom is -0.355 e. The van der Waals surface area contributed by atoms with E-state index < -0.39 is 10.8 Å². The van der Waals surface area contributed by atoms with E-state index in [9.17, 15) is 4.21 Å². The molecule has 0 amide bonds. The summed E-state index contributed by atoms with van der Waals surface area (Å²) in [5.41, 5.74) is 2.31. The van der Waals surface area contributed by atoms with E-state index in [0.717, 1.165) is 42.7 Å². The van der Waals surface area contributed by atoms with Crippen molar-refractivity contribution >= 4 is 16.6 Å². The zero-order valence-electron chi connectivity index (χ0n) is 12.0. The summed E-state index contributed by atoms with van der Waals surface area (Å²) in [6.45, 7) is 8.89. The molecule has 0 radical (unpaired) electrons. The van der Waals surface area contributed by atoms with E-state index in [0.29, 0.717) is 6.04 Å². The van der Waals surface area contributed by atoms with Crippen LogP contribution in [0.1, 0.15) is 25.1 Å². The average molecular weight is 281 g/mol. The van der Waals surface area contributed by atoms with Gasteiger partial charge in [0.1, 0.15) is 5.82 Å². The number of hydrogen-bond donors (Lipinski definition) is 1. The van der Waals surface area contributed by atoms with Crippen LogP contribution in [-0.2, 0) is 17.3 Å². The molecule has 5 heteroatoms. The van der Waals surface area contributed by atoms with Gasteiger partial charge in [-0.1, -0.05) is 13.8 Å². The summed E-state index contributed by atoms with van der Waals surface area (Å²) in [7, 11) is -0.637. The summed E-state index contributed by atoms with van der Waals surface area (Å²) in [4.78, 5) is 6.85. The molecule has 0 unspecified atom stereocenters. The Balaban J connectivity index is 2.09. The van der Waals surface area contributed by atoms with Gasteiger partial charge in [-0.05, 0) is 24.6 Å². The molecule has 2 rings (SSSR count). The van der Waals surface area contributed by atoms with Crippen LogP contribution in [0.15, 0.2) is 12.1 Å². The summed E-state index contributed by atoms with van der Waals surface area (Å²) in [6, 6.07) is 4.76. The van der Waals surface area contributed by atoms with Crippen LogP contribution in [0, 0.1) is 6.92 Å². The van der Waals surface area contributed by atoms with Crippen molar-refractivity contribution in [1.29, 1.82) is 0 Å². The number of nitrogens with zero attached hydrogens (tertiary/aromatic N) is 2. The molecule has 0 aliphatic carbocycles. The molecule has 106 valence electrons. The number of pyridine rings is 1. The molecule has 1 aromatic heterocycles. The number of aromatic nitrogens is 1. The first-order valence-electron chi connectivity index (χ1n) is 6.85. The van der Waals surface area contributed by atoms with E-state index in [2.05, 4.69) is 41.2 Å². The Hall–Kier alpha value is -0.940. The second-order valence-corrected chi connectivity index (χ2v) is 7.04. The molecule has 19 heavy (non-hydrogen) atoms. The highest BCUT2D eigenvalue weighted by atomic mass is 32.2. The second kappa shape index (κ2) is 6.48. The van der Waals surface area contributed by atoms with Gasteiger partial charge in [-0.15, -0.1) is 0 Å². The largest absolute Gasteiger partial charge is 0.355 e. The highest BCUT2D eigenvalue weighted by Gasteiger charge is 2.17. The first-order chi connectivity index (χ1) is 9.04. The standard InChI is InChI=1S/C14H23N3OS/c1-11(2)15-10-13-8-12(3)16-14(9-13)17-4-6-19(18)7-5-17/h8-9,11,15H,4-7,10H2,1-3H3. The quantitative estimate of drug-likeness (QED) is 0.907. The van der Waals surface area contributed by atoms with E-state index in [1.807, 2.05) is 6.92 Å². The molecule has 4 nitrogen and oxygen atoms in total. The molecule has 2 heterocycles. The summed E-state index contributed by atoms with van der Waals surface area (Å²) in [5, 5.41) is 3.43. The Morgan fingerprint density at radius 3 is 2.68 bits per heavy atom. The summed E-state index contributed by atoms with van der Waals surface area (Å²) >= 11 is 0. The monoisotopic (exact) mass is 281 g/mol. The first kappa shape index (κ1) is 14.5. The molecule has 1 fully saturated rings. The summed E-state index contributed by atoms with van der Waals surface area (Å²) in [5.74, 6) is 2.54. The maximum absolute atomic E-state index is 11.4. The second-order valence-electron chi connectivity index (χ2n) is 5.35. The maximum atomic E-state index is 11.4. The van der Waals surface area contributed by atoms with Gasteiger partial charge in [-0.25, -0.2) is 4.98 Å². The lowest BCUT2D eigenvalue weighted by molar-refractivity contribution is 0.588. The van der Waals surface area contributed by atoms with Gasteiger partial charge in [-0.3, -0.25) is 4.21 Å². The number of rotatable bonds is 4. The fourth-order valence-corrected chi connectivity index (χ4v) is 3.23. The van der Waals surface area contributed by atoms with Crippen molar-refractivity contribution in [3.05, 3.63) is 23.4 Å². The van der Waals surface area contributed by atoms with E-state index >= 15 is 0 Å². The molecule has 0 saturated carbocycles. The topological polar surface area (TPSA) is 45.2 Å². The SMILES string of the molecule is Cc1cc(CNC(C)C)cc(N2CCS(=O)CC2)n1. The van der Waals surface area contributed by atoms with Gasteiger partial charge in [0.15, 0.2) is 0 Å². The van der Waals surface area contributed by atoms with Crippen molar-refractivity contribution in [3.8, 4) is 0 Å². The Labute approximate surface area is 118 Å². The summed E-state index contributed by atoms with van der Waals surface area (Å²) in [6.07, 6.45) is 0. The normalized spacial score (nSPS) is 17.2. The van der Waals surface area contributed by atoms with Crippen LogP contribution in [-0.4, -0.2) is 39.8 Å². The third-order valence-corrected chi connectivity index (χ3v) is 4.49. The van der Waals surface area contributed by atoms with Gasteiger partial charge in [0.25, 0.3) is 0 Å². The Kier molecular flexibility index (Phi) is 4.93. The van der Waals surface area contributed by atoms with Gasteiger partial charge in [0, 0.05) is 53.7 Å². The van der Waals surface area contributed by atoms with Gasteiger partial charge in [-0.2, -0.15) is 0 Å². The predicted molar refractivity (Wildman–Crippen MR) is 81.0 cm³/mol. The van der Waals surface area contributed by atoms with Crippen molar-refractivity contribution in [1.82, 2.24) is 10.3 Å². The molecule has 0 aromatic carbocycles. The molecular weight excluding hydrogens is 258 g/mol. The first-order valence-corrected chi connectivity index (χ1v) is 8.34. The van der Waals surface area contributed by atoms with Gasteiger partial charge < -0.3 is 10.2 Å². The zero-order valence-corrected chi connectivity index (χ0v) is 12.8. The fraction of sp³-hybridized carbons (Fsp3) is 0.643. The molecular formula is C14H23N3OS. The van der Waals surface area contributed by atoms with Gasteiger partial charge in [0.05, 0.1) is 0 Å². The van der Waals surface area contributed by atoms with Crippen LogP contribution in [0.25, 0.3) is 0 Å². The van der Waals surface area contributed by atoms with Crippen molar-refractivity contribution < 1.29 is 4.21 Å². The van der Waals surface area contributed by atoms with Crippen LogP contribution >= 0.6 is 0 Å². The molecule has 1 aliphatic rings. The lowest BCUT2D eigenvalue weighted by atomic mass is 10.2. The minimum atomic E-state index is -0.637. The molecule has 0 atom stereocenters. The Bertz CT molecular complexity index is 452. The highest BCUT2D eigenvalue weighted by Crippen LogP contribution is 2.17. The minimum absolute atomic E-state index is 0.481. The molecule has 0 bridgehead atoms. The van der Waals surface area contributed by atoms with Crippen LogP contribution < -0.4 is 10.2 Å². The zero-order chi connectivity index (χ0) is 13.8. The predicted octanol–water partition coefficient (Wildman–Crippen LogP) is 1.46. The van der Waals surface area contributed by atoms with Gasteiger partial charge in [0.2, 0.25) is 0 Å². The Morgan fingerprint density at radius 1 is 1.37 bits per heavy atom. The molecule has 1 saturated heterocycles. The third-order valence-electron chi connectivity index (χ3n) is 3.22. The van der Waals surface area contributed by atoms with Crippen molar-refractivity contribution in [2.24, 2.45) is 0 Å². The van der Waals surface area contributed by atoms with E-state index in [4.69, 9.17) is 0 Å². The van der Waals surface area contributed by atoms with Crippen molar-refractivity contribution in [2.75, 3.05) is 29.5 Å². The summed E-state index contributed by atoms with van der Waals surface area (Å²) < 4.78 is 11.4. The lowest BCUT2D eigenvalue weighted by Gasteiger charge is -2.28. The highest BCUT2D eigenvalue weighted by molar-refractivity contribution is 7.85. The van der Waals surface area contributed by atoms with E-state index in [1.165, 1.54) is 5.56 Å². The number of anilines is 1. The third kappa shape index (κ3) is 4.28. The maximum Gasteiger partial charge on any atom is 0.129 e. The molecule has 1 aromatic rings. The van der Waals surface area contributed by atoms with E-state index in [1.54, 1.807) is 0 Å².